The lowest BCUT2D eigenvalue weighted by Crippen LogP contribution is -2.33. The quantitative estimate of drug-likeness (QED) is 0.590. The summed E-state index contributed by atoms with van der Waals surface area (Å²) in [5.74, 6) is -0.465. The number of hydrogen-bond acceptors (Lipinski definition) is 4. The lowest BCUT2D eigenvalue weighted by atomic mass is 10.1. The van der Waals surface area contributed by atoms with Crippen LogP contribution in [0.2, 0.25) is 0 Å². The summed E-state index contributed by atoms with van der Waals surface area (Å²) in [6.45, 7) is 3.35. The van der Waals surface area contributed by atoms with Gasteiger partial charge in [0.2, 0.25) is 0 Å². The molecule has 2 aromatic carbocycles. The van der Waals surface area contributed by atoms with Crippen LogP contribution in [0.4, 0.5) is 9.52 Å². The highest BCUT2D eigenvalue weighted by Gasteiger charge is 2.22. The summed E-state index contributed by atoms with van der Waals surface area (Å²) < 4.78 is 14.8. The largest absolute Gasteiger partial charge is 0.309 e. The fourth-order valence-corrected chi connectivity index (χ4v) is 3.79. The van der Waals surface area contributed by atoms with Crippen molar-refractivity contribution in [3.63, 3.8) is 0 Å². The number of carbonyl (C=O) groups is 1. The minimum atomic E-state index is -0.360. The molecule has 0 bridgehead atoms. The number of rotatable bonds is 6. The monoisotopic (exact) mass is 407 g/mol. The number of hydrogen-bond donors (Lipinski definition) is 0. The molecule has 1 amide bonds. The Balaban J connectivity index is 0.00000261. The molecule has 0 radical (unpaired) electrons. The van der Waals surface area contributed by atoms with Crippen molar-refractivity contribution >= 4 is 45.0 Å². The van der Waals surface area contributed by atoms with Gasteiger partial charge in [-0.15, -0.1) is 12.4 Å². The van der Waals surface area contributed by atoms with Crippen LogP contribution in [0, 0.1) is 12.7 Å². The van der Waals surface area contributed by atoms with E-state index in [1.807, 2.05) is 51.4 Å². The molecule has 0 aliphatic heterocycles. The van der Waals surface area contributed by atoms with Crippen LogP contribution in [0.3, 0.4) is 0 Å². The van der Waals surface area contributed by atoms with E-state index < -0.39 is 0 Å². The average molecular weight is 408 g/mol. The summed E-state index contributed by atoms with van der Waals surface area (Å²) in [4.78, 5) is 21.3. The molecule has 0 saturated carbocycles. The molecule has 3 aromatic rings. The van der Waals surface area contributed by atoms with Crippen molar-refractivity contribution in [3.05, 3.63) is 59.4 Å². The van der Waals surface area contributed by atoms with Crippen molar-refractivity contribution in [2.24, 2.45) is 0 Å². The lowest BCUT2D eigenvalue weighted by Gasteiger charge is -2.21. The summed E-state index contributed by atoms with van der Waals surface area (Å²) in [6.07, 6.45) is 0.808. The number of amides is 1. The number of carbonyl (C=O) groups excluding carboxylic acids is 1. The van der Waals surface area contributed by atoms with E-state index in [0.717, 1.165) is 23.2 Å². The van der Waals surface area contributed by atoms with Crippen LogP contribution in [0.1, 0.15) is 22.3 Å². The molecule has 1 heterocycles. The Bertz CT molecular complexity index is 928. The van der Waals surface area contributed by atoms with Crippen molar-refractivity contribution in [2.45, 2.75) is 13.3 Å². The molecular weight excluding hydrogens is 385 g/mol. The van der Waals surface area contributed by atoms with Crippen LogP contribution in [-0.2, 0) is 0 Å². The predicted molar refractivity (Wildman–Crippen MR) is 113 cm³/mol. The Morgan fingerprint density at radius 1 is 1.15 bits per heavy atom. The third-order valence-corrected chi connectivity index (χ3v) is 5.13. The van der Waals surface area contributed by atoms with Crippen molar-refractivity contribution in [1.82, 2.24) is 9.88 Å². The van der Waals surface area contributed by atoms with E-state index in [-0.39, 0.29) is 24.1 Å². The summed E-state index contributed by atoms with van der Waals surface area (Å²) in [5, 5.41) is 0.537. The molecule has 0 N–H and O–H groups in total. The Hall–Kier alpha value is -2.02. The minimum Gasteiger partial charge on any atom is -0.309 e. The molecule has 0 saturated heterocycles. The summed E-state index contributed by atoms with van der Waals surface area (Å²) in [6, 6.07) is 12.4. The minimum absolute atomic E-state index is 0. The molecule has 1 aromatic heterocycles. The third kappa shape index (κ3) is 5.03. The normalized spacial score (nSPS) is 10.9. The number of fused-ring (bicyclic) bond motifs is 1. The first-order valence-corrected chi connectivity index (χ1v) is 9.35. The van der Waals surface area contributed by atoms with E-state index in [2.05, 4.69) is 9.88 Å². The first kappa shape index (κ1) is 21.3. The fraction of sp³-hybridized carbons (Fsp3) is 0.300. The highest BCUT2D eigenvalue weighted by atomic mass is 35.5. The van der Waals surface area contributed by atoms with E-state index in [1.165, 1.54) is 17.4 Å². The first-order chi connectivity index (χ1) is 12.5. The van der Waals surface area contributed by atoms with Crippen LogP contribution in [-0.4, -0.2) is 43.0 Å². The van der Waals surface area contributed by atoms with Gasteiger partial charge < -0.3 is 4.90 Å². The van der Waals surface area contributed by atoms with E-state index >= 15 is 0 Å². The molecule has 7 heteroatoms. The second-order valence-electron chi connectivity index (χ2n) is 6.57. The van der Waals surface area contributed by atoms with E-state index in [4.69, 9.17) is 0 Å². The zero-order chi connectivity index (χ0) is 18.7. The number of para-hydroxylation sites is 1. The lowest BCUT2D eigenvalue weighted by molar-refractivity contribution is 0.0986. The first-order valence-electron chi connectivity index (χ1n) is 8.54. The third-order valence-electron chi connectivity index (χ3n) is 4.09. The number of nitrogens with zero attached hydrogens (tertiary/aromatic N) is 3. The molecule has 0 aliphatic carbocycles. The maximum atomic E-state index is 14.0. The number of anilines is 1. The smallest absolute Gasteiger partial charge is 0.260 e. The molecule has 0 spiro atoms. The molecule has 3 rings (SSSR count). The molecule has 0 atom stereocenters. The molecule has 144 valence electrons. The van der Waals surface area contributed by atoms with Gasteiger partial charge >= 0.3 is 0 Å². The van der Waals surface area contributed by atoms with E-state index in [0.29, 0.717) is 22.8 Å². The Morgan fingerprint density at radius 3 is 2.56 bits per heavy atom. The van der Waals surface area contributed by atoms with Gasteiger partial charge in [0.05, 0.1) is 4.70 Å². The van der Waals surface area contributed by atoms with Gasteiger partial charge in [0, 0.05) is 12.1 Å². The van der Waals surface area contributed by atoms with Gasteiger partial charge in [0.1, 0.15) is 11.3 Å². The number of thiazole rings is 1. The SMILES string of the molecule is Cc1cccc(C(=O)N(CCCN(C)C)c2nc3c(F)cccc3s2)c1.Cl. The molecule has 0 unspecified atom stereocenters. The van der Waals surface area contributed by atoms with Gasteiger partial charge in [-0.25, -0.2) is 9.37 Å². The van der Waals surface area contributed by atoms with Crippen molar-refractivity contribution in [3.8, 4) is 0 Å². The van der Waals surface area contributed by atoms with Gasteiger partial charge in [-0.2, -0.15) is 0 Å². The highest BCUT2D eigenvalue weighted by Crippen LogP contribution is 2.31. The second kappa shape index (κ2) is 9.26. The molecular formula is C20H23ClFN3OS. The standard InChI is InChI=1S/C20H22FN3OS.ClH/c1-14-7-4-8-15(13-14)19(25)24(12-6-11-23(2)3)20-22-18-16(21)9-5-10-17(18)26-20;/h4-5,7-10,13H,6,11-12H2,1-3H3;1H. The molecule has 27 heavy (non-hydrogen) atoms. The van der Waals surface area contributed by atoms with Gasteiger partial charge in [-0.1, -0.05) is 35.1 Å². The van der Waals surface area contributed by atoms with Crippen LogP contribution >= 0.6 is 23.7 Å². The topological polar surface area (TPSA) is 36.4 Å². The fourth-order valence-electron chi connectivity index (χ4n) is 2.78. The van der Waals surface area contributed by atoms with Crippen LogP contribution in [0.5, 0.6) is 0 Å². The van der Waals surface area contributed by atoms with E-state index in [9.17, 15) is 9.18 Å². The zero-order valence-electron chi connectivity index (χ0n) is 15.6. The predicted octanol–water partition coefficient (Wildman–Crippen LogP) is 4.76. The number of halogens is 2. The second-order valence-corrected chi connectivity index (χ2v) is 7.58. The maximum Gasteiger partial charge on any atom is 0.260 e. The Morgan fingerprint density at radius 2 is 1.89 bits per heavy atom. The Kier molecular flexibility index (Phi) is 7.30. The van der Waals surface area contributed by atoms with Gasteiger partial charge in [0.25, 0.3) is 5.91 Å². The highest BCUT2D eigenvalue weighted by molar-refractivity contribution is 7.22. The van der Waals surface area contributed by atoms with Gasteiger partial charge in [-0.05, 0) is 58.3 Å². The van der Waals surface area contributed by atoms with Crippen LogP contribution < -0.4 is 4.90 Å². The van der Waals surface area contributed by atoms with Crippen molar-refractivity contribution in [1.29, 1.82) is 0 Å². The van der Waals surface area contributed by atoms with Crippen molar-refractivity contribution < 1.29 is 9.18 Å². The number of aryl methyl sites for hydroxylation is 1. The number of aromatic nitrogens is 1. The van der Waals surface area contributed by atoms with Crippen LogP contribution in [0.25, 0.3) is 10.2 Å². The van der Waals surface area contributed by atoms with Gasteiger partial charge in [0.15, 0.2) is 5.13 Å². The van der Waals surface area contributed by atoms with E-state index in [1.54, 1.807) is 11.0 Å². The number of benzene rings is 2. The summed E-state index contributed by atoms with van der Waals surface area (Å²) in [7, 11) is 4.00. The van der Waals surface area contributed by atoms with Gasteiger partial charge in [-0.3, -0.25) is 9.69 Å². The van der Waals surface area contributed by atoms with Crippen molar-refractivity contribution in [2.75, 3.05) is 32.1 Å². The maximum absolute atomic E-state index is 14.0. The van der Waals surface area contributed by atoms with Crippen LogP contribution in [0.15, 0.2) is 42.5 Å². The molecule has 0 aliphatic rings. The average Bonchev–Trinajstić information content (AvgIpc) is 3.03. The summed E-state index contributed by atoms with van der Waals surface area (Å²) in [5.41, 5.74) is 1.97. The Labute approximate surface area is 169 Å². The summed E-state index contributed by atoms with van der Waals surface area (Å²) >= 11 is 1.35. The molecule has 4 nitrogen and oxygen atoms in total. The zero-order valence-corrected chi connectivity index (χ0v) is 17.2. The molecule has 0 fully saturated rings.